The van der Waals surface area contributed by atoms with Gasteiger partial charge in [0.2, 0.25) is 0 Å². The molecule has 0 aliphatic rings. The number of halogens is 1. The lowest BCUT2D eigenvalue weighted by atomic mass is 10.1. The van der Waals surface area contributed by atoms with E-state index in [1.54, 1.807) is 0 Å². The second-order valence-corrected chi connectivity index (χ2v) is 3.43. The maximum absolute atomic E-state index is 10.8. The highest BCUT2D eigenvalue weighted by Gasteiger charge is 2.11. The minimum Gasteiger partial charge on any atom is -0.480 e. The minimum atomic E-state index is -1.13. The van der Waals surface area contributed by atoms with Crippen LogP contribution in [0.3, 0.4) is 0 Å². The van der Waals surface area contributed by atoms with E-state index in [0.29, 0.717) is 10.6 Å². The van der Waals surface area contributed by atoms with Gasteiger partial charge < -0.3 is 14.9 Å². The molecule has 0 atom stereocenters. The first-order chi connectivity index (χ1) is 7.50. The Morgan fingerprint density at radius 3 is 2.56 bits per heavy atom. The molecular weight excluding hydrogens is 236 g/mol. The summed E-state index contributed by atoms with van der Waals surface area (Å²) in [7, 11) is 0. The average Bonchev–Trinajstić information content (AvgIpc) is 2.19. The number of hydrogen-bond acceptors (Lipinski definition) is 3. The fourth-order valence-corrected chi connectivity index (χ4v) is 1.29. The lowest BCUT2D eigenvalue weighted by Gasteiger charge is -2.06. The Labute approximate surface area is 96.2 Å². The van der Waals surface area contributed by atoms with E-state index in [9.17, 15) is 9.59 Å². The van der Waals surface area contributed by atoms with Crippen molar-refractivity contribution in [2.45, 2.75) is 6.61 Å². The maximum atomic E-state index is 10.8. The lowest BCUT2D eigenvalue weighted by molar-refractivity contribution is -0.142. The third kappa shape index (κ3) is 3.52. The van der Waals surface area contributed by atoms with E-state index in [2.05, 4.69) is 0 Å². The molecule has 1 aromatic rings. The number of aliphatic carboxylic acids is 1. The van der Waals surface area contributed by atoms with E-state index in [4.69, 9.17) is 26.6 Å². The van der Waals surface area contributed by atoms with Crippen molar-refractivity contribution in [3.63, 3.8) is 0 Å². The quantitative estimate of drug-likeness (QED) is 0.823. The van der Waals surface area contributed by atoms with Crippen molar-refractivity contribution in [2.75, 3.05) is 6.61 Å². The van der Waals surface area contributed by atoms with Gasteiger partial charge in [0.15, 0.2) is 0 Å². The molecule has 2 N–H and O–H groups in total. The van der Waals surface area contributed by atoms with Gasteiger partial charge in [0.1, 0.15) is 6.61 Å². The van der Waals surface area contributed by atoms with E-state index in [-0.39, 0.29) is 12.2 Å². The molecular formula is C10H9ClO5. The fraction of sp³-hybridized carbons (Fsp3) is 0.200. The first-order valence-electron chi connectivity index (χ1n) is 4.32. The monoisotopic (exact) mass is 244 g/mol. The summed E-state index contributed by atoms with van der Waals surface area (Å²) in [5, 5.41) is 17.5. The highest BCUT2D eigenvalue weighted by Crippen LogP contribution is 2.17. The van der Waals surface area contributed by atoms with Gasteiger partial charge in [-0.2, -0.15) is 0 Å². The van der Waals surface area contributed by atoms with Crippen LogP contribution in [-0.4, -0.2) is 28.8 Å². The van der Waals surface area contributed by atoms with E-state index < -0.39 is 18.5 Å². The fourth-order valence-electron chi connectivity index (χ4n) is 1.12. The topological polar surface area (TPSA) is 83.8 Å². The molecule has 1 rings (SSSR count). The van der Waals surface area contributed by atoms with E-state index in [0.717, 1.165) is 0 Å². The molecule has 6 heteroatoms. The largest absolute Gasteiger partial charge is 0.480 e. The number of carbonyl (C=O) groups is 2. The molecule has 1 aromatic carbocycles. The zero-order chi connectivity index (χ0) is 12.1. The molecule has 16 heavy (non-hydrogen) atoms. The zero-order valence-electron chi connectivity index (χ0n) is 8.14. The third-order valence-corrected chi connectivity index (χ3v) is 2.02. The van der Waals surface area contributed by atoms with Crippen molar-refractivity contribution in [1.29, 1.82) is 0 Å². The summed E-state index contributed by atoms with van der Waals surface area (Å²) in [6, 6.07) is 4.31. The third-order valence-electron chi connectivity index (χ3n) is 1.79. The zero-order valence-corrected chi connectivity index (χ0v) is 8.90. The number of benzene rings is 1. The summed E-state index contributed by atoms with van der Waals surface area (Å²) in [6.07, 6.45) is 0. The Morgan fingerprint density at radius 1 is 1.31 bits per heavy atom. The Hall–Kier alpha value is -1.59. The first-order valence-corrected chi connectivity index (χ1v) is 4.69. The number of carboxylic acids is 2. The molecule has 5 nitrogen and oxygen atoms in total. The summed E-state index contributed by atoms with van der Waals surface area (Å²) >= 11 is 5.65. The molecule has 0 aliphatic carbocycles. The van der Waals surface area contributed by atoms with Gasteiger partial charge in [-0.05, 0) is 17.7 Å². The van der Waals surface area contributed by atoms with Crippen LogP contribution < -0.4 is 0 Å². The molecule has 0 unspecified atom stereocenters. The number of aromatic carboxylic acids is 1. The summed E-state index contributed by atoms with van der Waals surface area (Å²) in [6.45, 7) is -0.549. The van der Waals surface area contributed by atoms with Gasteiger partial charge in [0.05, 0.1) is 12.2 Å². The SMILES string of the molecule is O=C(O)COCc1ccc(Cl)cc1C(=O)O. The average molecular weight is 245 g/mol. The Bertz CT molecular complexity index is 416. The second kappa shape index (κ2) is 5.48. The molecule has 0 amide bonds. The Morgan fingerprint density at radius 2 is 2.00 bits per heavy atom. The normalized spacial score (nSPS) is 10.1. The molecule has 0 heterocycles. The van der Waals surface area contributed by atoms with Gasteiger partial charge in [-0.25, -0.2) is 9.59 Å². The van der Waals surface area contributed by atoms with Crippen LogP contribution in [0.25, 0.3) is 0 Å². The molecule has 0 spiro atoms. The van der Waals surface area contributed by atoms with Crippen molar-refractivity contribution < 1.29 is 24.5 Å². The summed E-state index contributed by atoms with van der Waals surface area (Å²) in [5.74, 6) is -2.23. The van der Waals surface area contributed by atoms with Gasteiger partial charge in [0, 0.05) is 5.02 Å². The molecule has 0 fully saturated rings. The summed E-state index contributed by atoms with van der Waals surface area (Å²) in [4.78, 5) is 21.0. The van der Waals surface area contributed by atoms with Gasteiger partial charge in [-0.15, -0.1) is 0 Å². The van der Waals surface area contributed by atoms with Crippen molar-refractivity contribution >= 4 is 23.5 Å². The highest BCUT2D eigenvalue weighted by atomic mass is 35.5. The summed E-state index contributed by atoms with van der Waals surface area (Å²) in [5.41, 5.74) is 0.399. The Balaban J connectivity index is 2.78. The van der Waals surface area contributed by atoms with Crippen LogP contribution in [0.4, 0.5) is 0 Å². The van der Waals surface area contributed by atoms with E-state index in [1.165, 1.54) is 18.2 Å². The number of carboxylic acid groups (broad SMARTS) is 2. The van der Waals surface area contributed by atoms with Crippen LogP contribution in [0.15, 0.2) is 18.2 Å². The first kappa shape index (κ1) is 12.5. The molecule has 0 radical (unpaired) electrons. The second-order valence-electron chi connectivity index (χ2n) is 2.99. The van der Waals surface area contributed by atoms with Crippen molar-refractivity contribution in [1.82, 2.24) is 0 Å². The van der Waals surface area contributed by atoms with E-state index >= 15 is 0 Å². The van der Waals surface area contributed by atoms with E-state index in [1.807, 2.05) is 0 Å². The molecule has 86 valence electrons. The molecule has 0 aromatic heterocycles. The maximum Gasteiger partial charge on any atom is 0.336 e. The lowest BCUT2D eigenvalue weighted by Crippen LogP contribution is -2.09. The van der Waals surface area contributed by atoms with Crippen LogP contribution in [0.5, 0.6) is 0 Å². The number of ether oxygens (including phenoxy) is 1. The highest BCUT2D eigenvalue weighted by molar-refractivity contribution is 6.30. The van der Waals surface area contributed by atoms with Gasteiger partial charge in [-0.1, -0.05) is 17.7 Å². The van der Waals surface area contributed by atoms with Crippen molar-refractivity contribution in [3.05, 3.63) is 34.3 Å². The standard InChI is InChI=1S/C10H9ClO5/c11-7-2-1-6(4-16-5-9(12)13)8(3-7)10(14)15/h1-3H,4-5H2,(H,12,13)(H,14,15). The van der Waals surface area contributed by atoms with Gasteiger partial charge in [0.25, 0.3) is 0 Å². The van der Waals surface area contributed by atoms with Crippen molar-refractivity contribution in [2.24, 2.45) is 0 Å². The molecule has 0 saturated carbocycles. The van der Waals surface area contributed by atoms with Gasteiger partial charge in [-0.3, -0.25) is 0 Å². The number of hydrogen-bond donors (Lipinski definition) is 2. The van der Waals surface area contributed by atoms with Crippen LogP contribution >= 0.6 is 11.6 Å². The Kier molecular flexibility index (Phi) is 4.28. The predicted octanol–water partition coefficient (Wildman–Crippen LogP) is 1.64. The van der Waals surface area contributed by atoms with Crippen LogP contribution in [0.2, 0.25) is 5.02 Å². The smallest absolute Gasteiger partial charge is 0.336 e. The number of rotatable bonds is 5. The molecule has 0 bridgehead atoms. The molecule has 0 aliphatic heterocycles. The predicted molar refractivity (Wildman–Crippen MR) is 55.7 cm³/mol. The summed E-state index contributed by atoms with van der Waals surface area (Å²) < 4.78 is 4.81. The minimum absolute atomic E-state index is 0.0119. The van der Waals surface area contributed by atoms with Gasteiger partial charge >= 0.3 is 11.9 Å². The van der Waals surface area contributed by atoms with Crippen LogP contribution in [0, 0.1) is 0 Å². The van der Waals surface area contributed by atoms with Crippen molar-refractivity contribution in [3.8, 4) is 0 Å². The van der Waals surface area contributed by atoms with Crippen LogP contribution in [-0.2, 0) is 16.1 Å². The molecule has 0 saturated heterocycles. The van der Waals surface area contributed by atoms with Crippen LogP contribution in [0.1, 0.15) is 15.9 Å².